The smallest absolute Gasteiger partial charge is 0.137 e. The molecule has 1 aliphatic rings. The van der Waals surface area contributed by atoms with Crippen LogP contribution in [0.3, 0.4) is 0 Å². The Balaban J connectivity index is 1.10. The molecule has 5 nitrogen and oxygen atoms in total. The number of nitriles is 2. The van der Waals surface area contributed by atoms with Crippen LogP contribution in [0, 0.1) is 22.7 Å². The summed E-state index contributed by atoms with van der Waals surface area (Å²) in [6.07, 6.45) is 11.0. The quantitative estimate of drug-likeness (QED) is 0.135. The van der Waals surface area contributed by atoms with Crippen LogP contribution < -0.4 is 9.80 Å². The molecule has 0 N–H and O–H groups in total. The summed E-state index contributed by atoms with van der Waals surface area (Å²) in [7, 11) is 0. The summed E-state index contributed by atoms with van der Waals surface area (Å²) in [6, 6.07) is 61.7. The molecule has 0 saturated carbocycles. The molecule has 6 aromatic rings. The zero-order valence-electron chi connectivity index (χ0n) is 28.8. The number of allylic oxidation sites excluding steroid dienone is 6. The Bertz CT molecular complexity index is 2150. The first-order chi connectivity index (χ1) is 26.2. The highest BCUT2D eigenvalue weighted by Crippen LogP contribution is 2.36. The van der Waals surface area contributed by atoms with Crippen molar-refractivity contribution in [1.29, 1.82) is 10.5 Å². The molecule has 0 saturated heterocycles. The summed E-state index contributed by atoms with van der Waals surface area (Å²) in [5.74, 6) is 1.03. The second-order valence-corrected chi connectivity index (χ2v) is 12.1. The van der Waals surface area contributed by atoms with E-state index in [1.165, 1.54) is 0 Å². The van der Waals surface area contributed by atoms with E-state index in [-0.39, 0.29) is 5.57 Å². The molecular formula is C48H34N4O. The van der Waals surface area contributed by atoms with Gasteiger partial charge in [0.05, 0.1) is 0 Å². The topological polar surface area (TPSA) is 63.3 Å². The van der Waals surface area contributed by atoms with Crippen LogP contribution in [-0.4, -0.2) is 0 Å². The minimum Gasteiger partial charge on any atom is -0.457 e. The summed E-state index contributed by atoms with van der Waals surface area (Å²) in [6.45, 7) is 0. The Hall–Kier alpha value is -7.60. The Labute approximate surface area is 310 Å². The summed E-state index contributed by atoms with van der Waals surface area (Å²) in [4.78, 5) is 4.42. The molecule has 6 aromatic carbocycles. The van der Waals surface area contributed by atoms with Crippen LogP contribution in [0.15, 0.2) is 217 Å². The number of hydrogen-bond acceptors (Lipinski definition) is 5. The van der Waals surface area contributed by atoms with Crippen molar-refractivity contribution >= 4 is 46.3 Å². The summed E-state index contributed by atoms with van der Waals surface area (Å²) >= 11 is 0. The number of rotatable bonds is 10. The van der Waals surface area contributed by atoms with Crippen LogP contribution in [0.4, 0.5) is 34.1 Å². The van der Waals surface area contributed by atoms with Gasteiger partial charge in [0.1, 0.15) is 29.2 Å². The van der Waals surface area contributed by atoms with Crippen molar-refractivity contribution in [2.24, 2.45) is 0 Å². The third kappa shape index (κ3) is 8.24. The van der Waals surface area contributed by atoms with Crippen LogP contribution in [0.2, 0.25) is 0 Å². The molecule has 5 heteroatoms. The molecule has 1 aliphatic heterocycles. The van der Waals surface area contributed by atoms with Crippen LogP contribution in [0.5, 0.6) is 0 Å². The summed E-state index contributed by atoms with van der Waals surface area (Å²) in [5, 5.41) is 19.3. The van der Waals surface area contributed by atoms with Gasteiger partial charge in [-0.15, -0.1) is 0 Å². The van der Waals surface area contributed by atoms with Crippen LogP contribution in [0.25, 0.3) is 12.2 Å². The number of para-hydroxylation sites is 4. The number of anilines is 6. The van der Waals surface area contributed by atoms with E-state index in [9.17, 15) is 10.5 Å². The van der Waals surface area contributed by atoms with E-state index in [0.29, 0.717) is 17.1 Å². The molecule has 0 amide bonds. The van der Waals surface area contributed by atoms with Gasteiger partial charge in [-0.05, 0) is 108 Å². The van der Waals surface area contributed by atoms with Crippen molar-refractivity contribution in [3.05, 3.63) is 228 Å². The predicted octanol–water partition coefficient (Wildman–Crippen LogP) is 12.5. The minimum absolute atomic E-state index is 0.0163. The van der Waals surface area contributed by atoms with Gasteiger partial charge in [0.15, 0.2) is 0 Å². The third-order valence-corrected chi connectivity index (χ3v) is 8.58. The third-order valence-electron chi connectivity index (χ3n) is 8.58. The first-order valence-electron chi connectivity index (χ1n) is 17.2. The monoisotopic (exact) mass is 682 g/mol. The molecule has 0 aromatic heterocycles. The fourth-order valence-electron chi connectivity index (χ4n) is 6.03. The van der Waals surface area contributed by atoms with E-state index < -0.39 is 0 Å². The lowest BCUT2D eigenvalue weighted by Crippen LogP contribution is -2.09. The molecule has 53 heavy (non-hydrogen) atoms. The van der Waals surface area contributed by atoms with E-state index in [2.05, 4.69) is 107 Å². The first kappa shape index (κ1) is 33.9. The second kappa shape index (κ2) is 16.4. The normalized spacial score (nSPS) is 12.3. The van der Waals surface area contributed by atoms with Gasteiger partial charge >= 0.3 is 0 Å². The van der Waals surface area contributed by atoms with Crippen molar-refractivity contribution in [2.75, 3.05) is 9.80 Å². The zero-order valence-corrected chi connectivity index (χ0v) is 28.8. The Morgan fingerprint density at radius 3 is 1.00 bits per heavy atom. The molecule has 0 radical (unpaired) electrons. The average Bonchev–Trinajstić information content (AvgIpc) is 3.22. The van der Waals surface area contributed by atoms with Crippen LogP contribution >= 0.6 is 0 Å². The summed E-state index contributed by atoms with van der Waals surface area (Å²) < 4.78 is 6.23. The van der Waals surface area contributed by atoms with Gasteiger partial charge in [-0.2, -0.15) is 10.5 Å². The maximum Gasteiger partial charge on any atom is 0.137 e. The molecule has 1 heterocycles. The lowest BCUT2D eigenvalue weighted by atomic mass is 10.0. The molecule has 0 atom stereocenters. The fraction of sp³-hybridized carbons (Fsp3) is 0. The zero-order chi connectivity index (χ0) is 36.2. The van der Waals surface area contributed by atoms with Gasteiger partial charge < -0.3 is 14.5 Å². The van der Waals surface area contributed by atoms with Crippen LogP contribution in [0.1, 0.15) is 11.1 Å². The van der Waals surface area contributed by atoms with Crippen molar-refractivity contribution in [3.63, 3.8) is 0 Å². The van der Waals surface area contributed by atoms with Gasteiger partial charge in [-0.25, -0.2) is 0 Å². The predicted molar refractivity (Wildman–Crippen MR) is 216 cm³/mol. The molecule has 0 aliphatic carbocycles. The Kier molecular flexibility index (Phi) is 10.5. The van der Waals surface area contributed by atoms with Crippen molar-refractivity contribution < 1.29 is 4.74 Å². The van der Waals surface area contributed by atoms with E-state index in [1.54, 1.807) is 12.2 Å². The number of benzene rings is 6. The van der Waals surface area contributed by atoms with Crippen molar-refractivity contribution in [3.8, 4) is 12.1 Å². The molecule has 0 fully saturated rings. The number of nitrogens with zero attached hydrogens (tertiary/aromatic N) is 4. The highest BCUT2D eigenvalue weighted by atomic mass is 16.5. The number of ether oxygens (including phenoxy) is 1. The van der Waals surface area contributed by atoms with Gasteiger partial charge in [-0.3, -0.25) is 0 Å². The highest BCUT2D eigenvalue weighted by Gasteiger charge is 2.14. The lowest BCUT2D eigenvalue weighted by Gasteiger charge is -2.25. The first-order valence-corrected chi connectivity index (χ1v) is 17.2. The maximum absolute atomic E-state index is 9.66. The maximum atomic E-state index is 9.66. The molecule has 7 rings (SSSR count). The van der Waals surface area contributed by atoms with E-state index in [0.717, 1.165) is 45.3 Å². The van der Waals surface area contributed by atoms with Gasteiger partial charge in [0, 0.05) is 39.7 Å². The largest absolute Gasteiger partial charge is 0.457 e. The number of hydrogen-bond donors (Lipinski definition) is 0. The molecule has 0 spiro atoms. The average molecular weight is 683 g/mol. The molecule has 252 valence electrons. The van der Waals surface area contributed by atoms with Crippen LogP contribution in [-0.2, 0) is 4.74 Å². The van der Waals surface area contributed by atoms with Crippen molar-refractivity contribution in [1.82, 2.24) is 0 Å². The van der Waals surface area contributed by atoms with E-state index in [1.807, 2.05) is 109 Å². The lowest BCUT2D eigenvalue weighted by molar-refractivity contribution is 0.332. The second-order valence-electron chi connectivity index (χ2n) is 12.1. The minimum atomic E-state index is 0.0163. The molecule has 0 unspecified atom stereocenters. The summed E-state index contributed by atoms with van der Waals surface area (Å²) in [5.41, 5.74) is 8.78. The Morgan fingerprint density at radius 1 is 0.396 bits per heavy atom. The van der Waals surface area contributed by atoms with E-state index in [4.69, 9.17) is 4.74 Å². The Morgan fingerprint density at radius 2 is 0.698 bits per heavy atom. The van der Waals surface area contributed by atoms with Gasteiger partial charge in [0.2, 0.25) is 0 Å². The van der Waals surface area contributed by atoms with E-state index >= 15 is 0 Å². The molecular weight excluding hydrogens is 649 g/mol. The SMILES string of the molecule is N#CC(C#N)=C1C=C(C=Cc2ccc(N(c3ccccc3)c3ccccc3)cc2)OC(C=Cc2ccc(N(c3ccccc3)c3ccccc3)cc2)=C1. The fourth-order valence-corrected chi connectivity index (χ4v) is 6.03. The van der Waals surface area contributed by atoms with Gasteiger partial charge in [-0.1, -0.05) is 109 Å². The molecule has 0 bridgehead atoms. The highest BCUT2D eigenvalue weighted by molar-refractivity contribution is 5.78. The van der Waals surface area contributed by atoms with Gasteiger partial charge in [0.25, 0.3) is 0 Å². The van der Waals surface area contributed by atoms with Crippen molar-refractivity contribution in [2.45, 2.75) is 0 Å². The standard InChI is InChI=1S/C48H34N4O/c49-35-40(36-50)39-33-47(31-25-37-21-27-45(28-22-37)51(41-13-5-1-6-14-41)42-15-7-2-8-16-42)53-48(34-39)32-26-38-23-29-46(30-24-38)52(43-17-9-3-10-18-43)44-19-11-4-12-20-44/h1-34H.